The average molecular weight is 441 g/mol. The lowest BCUT2D eigenvalue weighted by atomic mass is 10.0. The molecule has 4 aromatic rings. The topological polar surface area (TPSA) is 113 Å². The summed E-state index contributed by atoms with van der Waals surface area (Å²) in [5.74, 6) is 0.658. The molecule has 0 fully saturated rings. The number of methoxy groups -OCH3 is 1. The van der Waals surface area contributed by atoms with E-state index >= 15 is 0 Å². The molecular weight excluding hydrogens is 420 g/mol. The molecular formula is C22H21ClN4O4. The third kappa shape index (κ3) is 4.70. The van der Waals surface area contributed by atoms with Crippen LogP contribution in [0.25, 0.3) is 33.1 Å². The van der Waals surface area contributed by atoms with Gasteiger partial charge in [0.05, 0.1) is 48.2 Å². The highest BCUT2D eigenvalue weighted by Crippen LogP contribution is 2.39. The van der Waals surface area contributed by atoms with Crippen LogP contribution in [0.15, 0.2) is 42.7 Å². The fraction of sp³-hybridized carbons (Fsp3) is 0.227. The van der Waals surface area contributed by atoms with Gasteiger partial charge in [-0.25, -0.2) is 9.97 Å². The van der Waals surface area contributed by atoms with E-state index in [2.05, 4.69) is 21.0 Å². The second-order valence-corrected chi connectivity index (χ2v) is 6.58. The number of nitriles is 1. The molecule has 2 N–H and O–H groups in total. The summed E-state index contributed by atoms with van der Waals surface area (Å²) in [6.07, 6.45) is 1.45. The summed E-state index contributed by atoms with van der Waals surface area (Å²) in [6, 6.07) is 12.8. The number of nitrogens with zero attached hydrogens (tertiary/aromatic N) is 3. The number of aromatic nitrogens is 3. The Morgan fingerprint density at radius 3 is 2.68 bits per heavy atom. The highest BCUT2D eigenvalue weighted by atomic mass is 35.5. The van der Waals surface area contributed by atoms with E-state index in [1.54, 1.807) is 25.3 Å². The second kappa shape index (κ2) is 10.1. The van der Waals surface area contributed by atoms with Crippen LogP contribution in [0.1, 0.15) is 5.56 Å². The van der Waals surface area contributed by atoms with E-state index in [1.165, 1.54) is 6.33 Å². The van der Waals surface area contributed by atoms with E-state index in [9.17, 15) is 10.4 Å². The monoisotopic (exact) mass is 440 g/mol. The minimum absolute atomic E-state index is 0. The Bertz CT molecular complexity index is 1240. The van der Waals surface area contributed by atoms with Gasteiger partial charge in [-0.3, -0.25) is 0 Å². The Hall–Kier alpha value is -3.38. The van der Waals surface area contributed by atoms with Gasteiger partial charge in [0.25, 0.3) is 0 Å². The van der Waals surface area contributed by atoms with Crippen molar-refractivity contribution in [3.8, 4) is 29.0 Å². The lowest BCUT2D eigenvalue weighted by Crippen LogP contribution is -2.10. The number of fused-ring (bicyclic) bond motifs is 2. The van der Waals surface area contributed by atoms with E-state index in [1.807, 2.05) is 18.2 Å². The van der Waals surface area contributed by atoms with Crippen molar-refractivity contribution in [2.24, 2.45) is 0 Å². The Balaban J connectivity index is 0.00000272. The van der Waals surface area contributed by atoms with E-state index < -0.39 is 0 Å². The molecule has 0 amide bonds. The normalized spacial score (nSPS) is 10.7. The summed E-state index contributed by atoms with van der Waals surface area (Å²) in [7, 11) is 1.63. The van der Waals surface area contributed by atoms with Crippen molar-refractivity contribution in [3.63, 3.8) is 0 Å². The number of aromatic amines is 1. The lowest BCUT2D eigenvalue weighted by molar-refractivity contribution is 0.0544. The Kier molecular flexibility index (Phi) is 7.26. The van der Waals surface area contributed by atoms with Crippen molar-refractivity contribution in [3.05, 3.63) is 48.3 Å². The number of hydrogen-bond acceptors (Lipinski definition) is 7. The molecule has 4 rings (SSSR count). The molecule has 8 nitrogen and oxygen atoms in total. The van der Waals surface area contributed by atoms with Crippen LogP contribution in [0.2, 0.25) is 0 Å². The molecule has 31 heavy (non-hydrogen) atoms. The zero-order valence-electron chi connectivity index (χ0n) is 16.8. The summed E-state index contributed by atoms with van der Waals surface area (Å²) in [6.45, 7) is 1.94. The van der Waals surface area contributed by atoms with E-state index in [0.717, 1.165) is 16.3 Å². The van der Waals surface area contributed by atoms with Crippen LogP contribution in [0.4, 0.5) is 0 Å². The predicted octanol–water partition coefficient (Wildman–Crippen LogP) is 3.82. The number of ether oxygens (including phenoxy) is 3. The standard InChI is InChI=1S/C22H20N4O4.ClH/c1-28-6-7-29-8-9-30-15-3-4-16-19(11-15)24-13-25-21(16)20-17-10-14(12-23)2-5-18(17)26-22(20)27;/h2-5,10-11,13,26-27H,6-9H2,1H3;1H. The van der Waals surface area contributed by atoms with E-state index in [4.69, 9.17) is 14.2 Å². The molecule has 0 aliphatic carbocycles. The predicted molar refractivity (Wildman–Crippen MR) is 119 cm³/mol. The fourth-order valence-corrected chi connectivity index (χ4v) is 3.28. The summed E-state index contributed by atoms with van der Waals surface area (Å²) in [5.41, 5.74) is 3.03. The lowest BCUT2D eigenvalue weighted by Gasteiger charge is -2.09. The Labute approximate surface area is 184 Å². The van der Waals surface area contributed by atoms with Gasteiger partial charge >= 0.3 is 0 Å². The van der Waals surface area contributed by atoms with Gasteiger partial charge in [-0.05, 0) is 30.3 Å². The number of nitrogens with one attached hydrogen (secondary N) is 1. The van der Waals surface area contributed by atoms with Gasteiger partial charge in [-0.2, -0.15) is 5.26 Å². The smallest absolute Gasteiger partial charge is 0.199 e. The van der Waals surface area contributed by atoms with Crippen LogP contribution in [-0.2, 0) is 9.47 Å². The Morgan fingerprint density at radius 1 is 1.03 bits per heavy atom. The maximum absolute atomic E-state index is 10.5. The quantitative estimate of drug-likeness (QED) is 0.400. The maximum Gasteiger partial charge on any atom is 0.199 e. The molecule has 2 aromatic carbocycles. The first-order valence-corrected chi connectivity index (χ1v) is 9.40. The largest absolute Gasteiger partial charge is 0.494 e. The van der Waals surface area contributed by atoms with Crippen LogP contribution in [-0.4, -0.2) is 53.6 Å². The molecule has 0 radical (unpaired) electrons. The van der Waals surface area contributed by atoms with Crippen LogP contribution < -0.4 is 4.74 Å². The SMILES string of the molecule is COCCOCCOc1ccc2c(-c3c(O)[nH]c4ccc(C#N)cc34)ncnc2c1.Cl. The number of aromatic hydroxyl groups is 1. The third-order valence-corrected chi connectivity index (χ3v) is 4.68. The molecule has 9 heteroatoms. The molecule has 0 saturated carbocycles. The summed E-state index contributed by atoms with van der Waals surface area (Å²) >= 11 is 0. The number of H-pyrrole nitrogens is 1. The van der Waals surface area contributed by atoms with E-state index in [0.29, 0.717) is 54.5 Å². The van der Waals surface area contributed by atoms with Gasteiger partial charge in [-0.15, -0.1) is 12.4 Å². The van der Waals surface area contributed by atoms with Gasteiger partial charge in [-0.1, -0.05) is 0 Å². The molecule has 0 atom stereocenters. The molecule has 0 aliphatic heterocycles. The van der Waals surface area contributed by atoms with Crippen molar-refractivity contribution in [2.45, 2.75) is 0 Å². The first-order valence-electron chi connectivity index (χ1n) is 9.40. The summed E-state index contributed by atoms with van der Waals surface area (Å²) in [5, 5.41) is 21.2. The van der Waals surface area contributed by atoms with Gasteiger partial charge < -0.3 is 24.3 Å². The van der Waals surface area contributed by atoms with Crippen molar-refractivity contribution in [1.82, 2.24) is 15.0 Å². The van der Waals surface area contributed by atoms with Crippen LogP contribution >= 0.6 is 12.4 Å². The minimum Gasteiger partial charge on any atom is -0.494 e. The number of hydrogen-bond donors (Lipinski definition) is 2. The fourth-order valence-electron chi connectivity index (χ4n) is 3.28. The molecule has 2 heterocycles. The van der Waals surface area contributed by atoms with Crippen LogP contribution in [0.3, 0.4) is 0 Å². The molecule has 0 aliphatic rings. The molecule has 0 saturated heterocycles. The van der Waals surface area contributed by atoms with Gasteiger partial charge in [0.15, 0.2) is 5.88 Å². The highest BCUT2D eigenvalue weighted by molar-refractivity contribution is 6.05. The van der Waals surface area contributed by atoms with Gasteiger partial charge in [0, 0.05) is 29.5 Å². The number of benzene rings is 2. The highest BCUT2D eigenvalue weighted by Gasteiger charge is 2.18. The molecule has 160 valence electrons. The van der Waals surface area contributed by atoms with E-state index in [-0.39, 0.29) is 18.3 Å². The van der Waals surface area contributed by atoms with Crippen molar-refractivity contribution >= 4 is 34.2 Å². The Morgan fingerprint density at radius 2 is 1.87 bits per heavy atom. The van der Waals surface area contributed by atoms with Gasteiger partial charge in [0.1, 0.15) is 18.7 Å². The molecule has 0 spiro atoms. The third-order valence-electron chi connectivity index (χ3n) is 4.68. The first kappa shape index (κ1) is 22.3. The zero-order chi connectivity index (χ0) is 20.9. The zero-order valence-corrected chi connectivity index (χ0v) is 17.6. The first-order chi connectivity index (χ1) is 14.7. The number of halogens is 1. The van der Waals surface area contributed by atoms with Crippen molar-refractivity contribution < 1.29 is 19.3 Å². The van der Waals surface area contributed by atoms with Gasteiger partial charge in [0.2, 0.25) is 0 Å². The van der Waals surface area contributed by atoms with Crippen molar-refractivity contribution in [1.29, 1.82) is 5.26 Å². The summed E-state index contributed by atoms with van der Waals surface area (Å²) in [4.78, 5) is 11.7. The maximum atomic E-state index is 10.5. The van der Waals surface area contributed by atoms with Crippen LogP contribution in [0, 0.1) is 11.3 Å². The second-order valence-electron chi connectivity index (χ2n) is 6.58. The minimum atomic E-state index is -0.00590. The van der Waals surface area contributed by atoms with Crippen LogP contribution in [0.5, 0.6) is 11.6 Å². The summed E-state index contributed by atoms with van der Waals surface area (Å²) < 4.78 is 16.1. The molecule has 0 bridgehead atoms. The number of rotatable bonds is 8. The molecule has 0 unspecified atom stereocenters. The molecule has 2 aromatic heterocycles. The average Bonchev–Trinajstić information content (AvgIpc) is 3.10. The van der Waals surface area contributed by atoms with Crippen molar-refractivity contribution in [2.75, 3.05) is 33.5 Å².